The predicted octanol–water partition coefficient (Wildman–Crippen LogP) is -0.684. The fourth-order valence-electron chi connectivity index (χ4n) is 0.407. The summed E-state index contributed by atoms with van der Waals surface area (Å²) in [6.07, 6.45) is 2.05. The molecule has 0 saturated carbocycles. The van der Waals surface area contributed by atoms with E-state index in [1.165, 1.54) is 19.7 Å². The summed E-state index contributed by atoms with van der Waals surface area (Å²) in [6.45, 7) is 5.72. The van der Waals surface area contributed by atoms with Gasteiger partial charge in [-0.2, -0.15) is 0 Å². The average Bonchev–Trinajstić information content (AvgIpc) is 2.27. The summed E-state index contributed by atoms with van der Waals surface area (Å²) in [5.74, 6) is -0.231. The Kier molecular flexibility index (Phi) is 23.0. The van der Waals surface area contributed by atoms with Gasteiger partial charge >= 0.3 is 0 Å². The van der Waals surface area contributed by atoms with Crippen LogP contribution in [0, 0.1) is 0 Å². The number of ether oxygens (including phenoxy) is 2. The van der Waals surface area contributed by atoms with Crippen LogP contribution in [0.15, 0.2) is 12.7 Å². The number of aliphatic hydroxyl groups excluding tert-OH is 1. The second-order valence-electron chi connectivity index (χ2n) is 2.55. The van der Waals surface area contributed by atoms with Crippen molar-refractivity contribution in [1.29, 1.82) is 0 Å². The van der Waals surface area contributed by atoms with Gasteiger partial charge in [-0.1, -0.05) is 13.1 Å². The molecule has 1 unspecified atom stereocenters. The summed E-state index contributed by atoms with van der Waals surface area (Å²) in [7, 11) is 0. The quantitative estimate of drug-likeness (QED) is 0.362. The predicted molar refractivity (Wildman–Crippen MR) is 55.0 cm³/mol. The van der Waals surface area contributed by atoms with Crippen molar-refractivity contribution in [3.8, 4) is 0 Å². The molecule has 0 bridgehead atoms. The Balaban J connectivity index is -0.000000224. The van der Waals surface area contributed by atoms with Crippen LogP contribution in [0.5, 0.6) is 0 Å². The van der Waals surface area contributed by atoms with Gasteiger partial charge in [-0.05, 0) is 19.6 Å². The second-order valence-corrected chi connectivity index (χ2v) is 2.55. The van der Waals surface area contributed by atoms with Gasteiger partial charge in [0.2, 0.25) is 0 Å². The van der Waals surface area contributed by atoms with Gasteiger partial charge in [0.05, 0.1) is 12.7 Å². The Morgan fingerprint density at radius 1 is 1.53 bits per heavy atom. The molecule has 0 aromatic carbocycles. The molecule has 0 saturated heterocycles. The van der Waals surface area contributed by atoms with Gasteiger partial charge < -0.3 is 24.2 Å². The molecular formula is C10H14O6Y-2. The first-order chi connectivity index (χ1) is 7.58. The molecule has 1 radical (unpaired) electrons. The van der Waals surface area contributed by atoms with E-state index in [1.54, 1.807) is 0 Å². The van der Waals surface area contributed by atoms with Gasteiger partial charge in [0, 0.05) is 32.7 Å². The minimum absolute atomic E-state index is 0. The van der Waals surface area contributed by atoms with Crippen molar-refractivity contribution in [2.75, 3.05) is 19.8 Å². The molecule has 95 valence electrons. The van der Waals surface area contributed by atoms with E-state index in [9.17, 15) is 14.4 Å². The Bertz CT molecular complexity index is 217. The Morgan fingerprint density at radius 3 is 2.41 bits per heavy atom. The maximum Gasteiger partial charge on any atom is 0.180 e. The van der Waals surface area contributed by atoms with Crippen LogP contribution in [0.1, 0.15) is 6.92 Å². The van der Waals surface area contributed by atoms with Crippen LogP contribution >= 0.6 is 0 Å². The van der Waals surface area contributed by atoms with Crippen LogP contribution in [-0.2, 0) is 56.6 Å². The SMILES string of the molecule is C=CC(=O)COC[C-]=O.CC(O)CO[C-]=O.[Y]. The minimum Gasteiger partial charge on any atom is -0.651 e. The molecular weight excluding hydrogens is 305 g/mol. The smallest absolute Gasteiger partial charge is 0.180 e. The molecule has 17 heavy (non-hydrogen) atoms. The van der Waals surface area contributed by atoms with Gasteiger partial charge in [0.15, 0.2) is 5.78 Å². The first kappa shape index (κ1) is 21.8. The molecule has 1 N–H and O–H groups in total. The number of ketones is 1. The molecule has 0 heterocycles. The molecule has 0 aromatic rings. The van der Waals surface area contributed by atoms with Gasteiger partial charge in [0.25, 0.3) is 0 Å². The number of rotatable bonds is 8. The van der Waals surface area contributed by atoms with Crippen LogP contribution < -0.4 is 0 Å². The fourth-order valence-corrected chi connectivity index (χ4v) is 0.407. The number of hydrogen-bond acceptors (Lipinski definition) is 6. The zero-order valence-electron chi connectivity index (χ0n) is 9.55. The van der Waals surface area contributed by atoms with Gasteiger partial charge in [-0.3, -0.25) is 4.79 Å². The maximum atomic E-state index is 10.3. The van der Waals surface area contributed by atoms with Crippen LogP contribution in [0.25, 0.3) is 0 Å². The number of carbonyl (C=O) groups excluding carboxylic acids is 3. The van der Waals surface area contributed by atoms with Crippen LogP contribution in [-0.4, -0.2) is 49.6 Å². The van der Waals surface area contributed by atoms with E-state index in [0.717, 1.165) is 6.08 Å². The van der Waals surface area contributed by atoms with Crippen molar-refractivity contribution in [3.05, 3.63) is 12.7 Å². The van der Waals surface area contributed by atoms with Crippen LogP contribution in [0.3, 0.4) is 0 Å². The zero-order valence-corrected chi connectivity index (χ0v) is 12.4. The summed E-state index contributed by atoms with van der Waals surface area (Å²) in [5.41, 5.74) is 0. The second kappa shape index (κ2) is 18.0. The number of hydrogen-bond donors (Lipinski definition) is 1. The van der Waals surface area contributed by atoms with E-state index < -0.39 is 6.10 Å². The van der Waals surface area contributed by atoms with Crippen molar-refractivity contribution in [2.45, 2.75) is 13.0 Å². The van der Waals surface area contributed by atoms with Crippen molar-refractivity contribution >= 4 is 18.5 Å². The maximum absolute atomic E-state index is 10.3. The number of aliphatic hydroxyl groups is 1. The van der Waals surface area contributed by atoms with Crippen molar-refractivity contribution < 1.29 is 61.7 Å². The molecule has 1 atom stereocenters. The molecule has 0 aliphatic heterocycles. The average molecular weight is 319 g/mol. The van der Waals surface area contributed by atoms with E-state index in [2.05, 4.69) is 16.1 Å². The standard InChI is InChI=1S/C6H7O3.C4H7O3.Y/c1-2-6(8)5-9-4-3-7;1-4(6)2-7-3-5;/h2H,1,4-5H2;4,6H,2H2,1H3;/q2*-1;. The molecule has 0 rings (SSSR count). The normalized spacial score (nSPS) is 9.76. The largest absolute Gasteiger partial charge is 0.651 e. The molecule has 0 amide bonds. The molecule has 7 heteroatoms. The van der Waals surface area contributed by atoms with Gasteiger partial charge in [-0.25, -0.2) is 6.29 Å². The molecule has 0 aromatic heterocycles. The first-order valence-electron chi connectivity index (χ1n) is 4.33. The van der Waals surface area contributed by atoms with E-state index in [1.807, 2.05) is 0 Å². The van der Waals surface area contributed by atoms with Crippen molar-refractivity contribution in [2.24, 2.45) is 0 Å². The third-order valence-corrected chi connectivity index (χ3v) is 1.02. The van der Waals surface area contributed by atoms with E-state index >= 15 is 0 Å². The van der Waals surface area contributed by atoms with Gasteiger partial charge in [0.1, 0.15) is 6.61 Å². The van der Waals surface area contributed by atoms with E-state index in [4.69, 9.17) is 5.11 Å². The Hall–Kier alpha value is -0.426. The third-order valence-electron chi connectivity index (χ3n) is 1.02. The molecule has 0 aliphatic carbocycles. The summed E-state index contributed by atoms with van der Waals surface area (Å²) >= 11 is 0. The Morgan fingerprint density at radius 2 is 2.12 bits per heavy atom. The fraction of sp³-hybridized carbons (Fsp3) is 0.500. The zero-order chi connectivity index (χ0) is 12.8. The monoisotopic (exact) mass is 319 g/mol. The topological polar surface area (TPSA) is 89.9 Å². The molecule has 0 spiro atoms. The summed E-state index contributed by atoms with van der Waals surface area (Å²) in [5, 5.41) is 8.38. The van der Waals surface area contributed by atoms with Crippen LogP contribution in [0.4, 0.5) is 0 Å². The summed E-state index contributed by atoms with van der Waals surface area (Å²) in [6, 6.07) is 0. The summed E-state index contributed by atoms with van der Waals surface area (Å²) < 4.78 is 8.53. The number of carbonyl (C=O) groups is 1. The van der Waals surface area contributed by atoms with Gasteiger partial charge in [-0.15, -0.1) is 0 Å². The van der Waals surface area contributed by atoms with Crippen molar-refractivity contribution in [1.82, 2.24) is 0 Å². The van der Waals surface area contributed by atoms with E-state index in [-0.39, 0.29) is 58.3 Å². The van der Waals surface area contributed by atoms with Crippen molar-refractivity contribution in [3.63, 3.8) is 0 Å². The Labute approximate surface area is 125 Å². The molecule has 0 aliphatic rings. The minimum atomic E-state index is -0.582. The molecule has 0 fully saturated rings. The molecule has 6 nitrogen and oxygen atoms in total. The first-order valence-corrected chi connectivity index (χ1v) is 4.33. The van der Waals surface area contributed by atoms with E-state index in [0.29, 0.717) is 0 Å². The third kappa shape index (κ3) is 25.7. The summed E-state index contributed by atoms with van der Waals surface area (Å²) in [4.78, 5) is 29.1. The van der Waals surface area contributed by atoms with Crippen LogP contribution in [0.2, 0.25) is 0 Å².